The molecule has 2 heterocycles. The number of rotatable bonds is 6. The van der Waals surface area contributed by atoms with E-state index in [1.165, 1.54) is 12.0 Å². The molecule has 2 aromatic rings. The molecule has 136 valence electrons. The molecule has 0 radical (unpaired) electrons. The summed E-state index contributed by atoms with van der Waals surface area (Å²) in [5, 5.41) is 13.2. The Hall–Kier alpha value is -2.71. The Morgan fingerprint density at radius 2 is 2.19 bits per heavy atom. The summed E-state index contributed by atoms with van der Waals surface area (Å²) in [6.07, 6.45) is 1.78. The van der Waals surface area contributed by atoms with E-state index in [0.717, 1.165) is 15.4 Å². The number of hydrogen-bond donors (Lipinski definition) is 2. The van der Waals surface area contributed by atoms with Crippen molar-refractivity contribution in [1.82, 2.24) is 9.88 Å². The predicted octanol–water partition coefficient (Wildman–Crippen LogP) is 1.79. The number of aliphatic hydroxyl groups excluding tert-OH is 1. The Morgan fingerprint density at radius 1 is 1.42 bits per heavy atom. The molecule has 0 fully saturated rings. The molecule has 3 rings (SSSR count). The number of esters is 1. The number of nitrogens with zero attached hydrogens (tertiary/aromatic N) is 2. The van der Waals surface area contributed by atoms with Crippen LogP contribution in [0.15, 0.2) is 41.7 Å². The number of para-hydroxylation sites is 1. The molecule has 0 aliphatic carbocycles. The Kier molecular flexibility index (Phi) is 5.34. The Bertz CT molecular complexity index is 875. The van der Waals surface area contributed by atoms with E-state index in [4.69, 9.17) is 9.84 Å². The smallest absolute Gasteiger partial charge is 0.337 e. The van der Waals surface area contributed by atoms with Gasteiger partial charge in [-0.1, -0.05) is 18.2 Å². The molecule has 1 aliphatic heterocycles. The number of β-amino-alcohol motifs (C(OH)–C–C–N with tert-alkyl or cyclic N) is 1. The molecule has 1 aromatic carbocycles. The second kappa shape index (κ2) is 7.67. The van der Waals surface area contributed by atoms with Crippen LogP contribution in [0.4, 0.5) is 5.69 Å². The second-order valence-electron chi connectivity index (χ2n) is 5.71. The van der Waals surface area contributed by atoms with Crippen LogP contribution in [0.3, 0.4) is 0 Å². The van der Waals surface area contributed by atoms with Crippen LogP contribution in [0.2, 0.25) is 0 Å². The molecule has 0 unspecified atom stereocenters. The molecule has 0 atom stereocenters. The second-order valence-corrected chi connectivity index (χ2v) is 6.94. The van der Waals surface area contributed by atoms with Crippen molar-refractivity contribution < 1.29 is 19.4 Å². The fraction of sp³-hybridized carbons (Fsp3) is 0.278. The van der Waals surface area contributed by atoms with Gasteiger partial charge in [0.25, 0.3) is 5.91 Å². The van der Waals surface area contributed by atoms with E-state index in [-0.39, 0.29) is 36.9 Å². The number of amides is 1. The average molecular weight is 373 g/mol. The Morgan fingerprint density at radius 3 is 2.85 bits per heavy atom. The number of ether oxygens (including phenoxy) is 1. The number of anilines is 1. The zero-order valence-electron chi connectivity index (χ0n) is 14.5. The van der Waals surface area contributed by atoms with Gasteiger partial charge in [-0.05, 0) is 13.0 Å². The zero-order chi connectivity index (χ0) is 18.7. The molecule has 0 bridgehead atoms. The van der Waals surface area contributed by atoms with Crippen LogP contribution in [0.1, 0.15) is 5.01 Å². The first kappa shape index (κ1) is 18.1. The maximum Gasteiger partial charge on any atom is 0.337 e. The molecule has 1 amide bonds. The summed E-state index contributed by atoms with van der Waals surface area (Å²) >= 11 is 1.55. The van der Waals surface area contributed by atoms with E-state index < -0.39 is 5.97 Å². The lowest BCUT2D eigenvalue weighted by Gasteiger charge is -2.15. The molecule has 0 spiro atoms. The number of carbonyl (C=O) groups excluding carboxylic acids is 2. The number of hydrogen-bond acceptors (Lipinski definition) is 7. The van der Waals surface area contributed by atoms with Gasteiger partial charge in [0, 0.05) is 24.0 Å². The fourth-order valence-corrected chi connectivity index (χ4v) is 3.59. The molecular weight excluding hydrogens is 354 g/mol. The highest BCUT2D eigenvalue weighted by atomic mass is 32.1. The van der Waals surface area contributed by atoms with Crippen molar-refractivity contribution in [2.75, 3.05) is 32.1 Å². The predicted molar refractivity (Wildman–Crippen MR) is 98.6 cm³/mol. The van der Waals surface area contributed by atoms with Crippen LogP contribution < -0.4 is 5.32 Å². The summed E-state index contributed by atoms with van der Waals surface area (Å²) in [6.45, 7) is 2.01. The van der Waals surface area contributed by atoms with Crippen molar-refractivity contribution in [3.8, 4) is 10.4 Å². The summed E-state index contributed by atoms with van der Waals surface area (Å²) in [5.41, 5.74) is 2.02. The van der Waals surface area contributed by atoms with Crippen LogP contribution >= 0.6 is 11.3 Å². The molecular formula is C18H19N3O4S. The summed E-state index contributed by atoms with van der Waals surface area (Å²) in [5.74, 6) is -0.901. The monoisotopic (exact) mass is 373 g/mol. The average Bonchev–Trinajstić information content (AvgIpc) is 3.20. The molecule has 0 saturated carbocycles. The molecule has 1 aliphatic rings. The number of methoxy groups -OCH3 is 1. The molecule has 26 heavy (non-hydrogen) atoms. The third kappa shape index (κ3) is 3.47. The van der Waals surface area contributed by atoms with Crippen molar-refractivity contribution >= 4 is 28.9 Å². The number of aliphatic hydroxyl groups is 1. The normalized spacial score (nSPS) is 14.1. The van der Waals surface area contributed by atoms with Gasteiger partial charge in [0.05, 0.1) is 35.7 Å². The molecule has 8 heteroatoms. The Balaban J connectivity index is 1.98. The standard InChI is InChI=1S/C18H19N3O4S/c1-11-19-9-15(26-11)12-5-3-4-6-14(12)20-16-13(18(24)25-2)10-21(7-8-22)17(16)23/h3-6,9,20,22H,7-8,10H2,1-2H3. The number of thiazole rings is 1. The van der Waals surface area contributed by atoms with E-state index in [0.29, 0.717) is 5.69 Å². The van der Waals surface area contributed by atoms with Crippen LogP contribution in [0.25, 0.3) is 10.4 Å². The number of carbonyl (C=O) groups is 2. The number of nitrogens with one attached hydrogen (secondary N) is 1. The van der Waals surface area contributed by atoms with Crippen molar-refractivity contribution in [2.24, 2.45) is 0 Å². The third-order valence-electron chi connectivity index (χ3n) is 4.03. The summed E-state index contributed by atoms with van der Waals surface area (Å²) in [7, 11) is 1.28. The van der Waals surface area contributed by atoms with Gasteiger partial charge in [0.2, 0.25) is 0 Å². The largest absolute Gasteiger partial charge is 0.466 e. The summed E-state index contributed by atoms with van der Waals surface area (Å²) in [4.78, 5) is 31.4. The number of benzene rings is 1. The minimum absolute atomic E-state index is 0.107. The first-order chi connectivity index (χ1) is 12.5. The number of aryl methyl sites for hydroxylation is 1. The number of aromatic nitrogens is 1. The topological polar surface area (TPSA) is 91.8 Å². The maximum absolute atomic E-state index is 12.7. The van der Waals surface area contributed by atoms with Gasteiger partial charge in [0.1, 0.15) is 5.70 Å². The van der Waals surface area contributed by atoms with E-state index in [1.54, 1.807) is 17.5 Å². The quantitative estimate of drug-likeness (QED) is 0.750. The highest BCUT2D eigenvalue weighted by Gasteiger charge is 2.34. The van der Waals surface area contributed by atoms with E-state index in [2.05, 4.69) is 10.3 Å². The van der Waals surface area contributed by atoms with Gasteiger partial charge in [-0.2, -0.15) is 0 Å². The van der Waals surface area contributed by atoms with Crippen LogP contribution in [0, 0.1) is 6.92 Å². The molecule has 0 saturated heterocycles. The lowest BCUT2D eigenvalue weighted by Crippen LogP contribution is -2.31. The SMILES string of the molecule is COC(=O)C1=C(Nc2ccccc2-c2cnc(C)s2)C(=O)N(CCO)C1. The zero-order valence-corrected chi connectivity index (χ0v) is 15.3. The molecule has 2 N–H and O–H groups in total. The third-order valence-corrected chi connectivity index (χ3v) is 4.97. The van der Waals surface area contributed by atoms with Gasteiger partial charge < -0.3 is 20.1 Å². The van der Waals surface area contributed by atoms with Gasteiger partial charge in [-0.15, -0.1) is 11.3 Å². The van der Waals surface area contributed by atoms with E-state index in [1.807, 2.05) is 31.2 Å². The lowest BCUT2D eigenvalue weighted by atomic mass is 10.1. The highest BCUT2D eigenvalue weighted by Crippen LogP contribution is 2.34. The van der Waals surface area contributed by atoms with Crippen LogP contribution in [-0.4, -0.2) is 53.7 Å². The Labute approximate surface area is 154 Å². The van der Waals surface area contributed by atoms with Crippen LogP contribution in [-0.2, 0) is 14.3 Å². The van der Waals surface area contributed by atoms with E-state index in [9.17, 15) is 9.59 Å². The minimum Gasteiger partial charge on any atom is -0.466 e. The first-order valence-corrected chi connectivity index (χ1v) is 8.87. The lowest BCUT2D eigenvalue weighted by molar-refractivity contribution is -0.136. The van der Waals surface area contributed by atoms with Gasteiger partial charge in [-0.3, -0.25) is 4.79 Å². The van der Waals surface area contributed by atoms with E-state index >= 15 is 0 Å². The van der Waals surface area contributed by atoms with Gasteiger partial charge >= 0.3 is 5.97 Å². The van der Waals surface area contributed by atoms with Crippen molar-refractivity contribution in [1.29, 1.82) is 0 Å². The van der Waals surface area contributed by atoms with Gasteiger partial charge in [0.15, 0.2) is 0 Å². The first-order valence-electron chi connectivity index (χ1n) is 8.05. The molecule has 1 aromatic heterocycles. The van der Waals surface area contributed by atoms with Crippen molar-refractivity contribution in [3.05, 3.63) is 46.7 Å². The molecule has 7 nitrogen and oxygen atoms in total. The summed E-state index contributed by atoms with van der Waals surface area (Å²) in [6, 6.07) is 7.52. The van der Waals surface area contributed by atoms with Crippen LogP contribution in [0.5, 0.6) is 0 Å². The van der Waals surface area contributed by atoms with Crippen molar-refractivity contribution in [2.45, 2.75) is 6.92 Å². The minimum atomic E-state index is -0.563. The fourth-order valence-electron chi connectivity index (χ4n) is 2.78. The summed E-state index contributed by atoms with van der Waals surface area (Å²) < 4.78 is 4.81. The van der Waals surface area contributed by atoms with Gasteiger partial charge in [-0.25, -0.2) is 9.78 Å². The highest BCUT2D eigenvalue weighted by molar-refractivity contribution is 7.15. The van der Waals surface area contributed by atoms with Crippen molar-refractivity contribution in [3.63, 3.8) is 0 Å². The maximum atomic E-state index is 12.7.